The zero-order valence-electron chi connectivity index (χ0n) is 9.02. The zero-order chi connectivity index (χ0) is 11.4. The third-order valence-electron chi connectivity index (χ3n) is 2.75. The summed E-state index contributed by atoms with van der Waals surface area (Å²) in [6.07, 6.45) is 0.920. The molecule has 1 aliphatic rings. The second-order valence-corrected chi connectivity index (χ2v) is 4.03. The van der Waals surface area contributed by atoms with Gasteiger partial charge < -0.3 is 10.4 Å². The van der Waals surface area contributed by atoms with E-state index in [0.29, 0.717) is 12.0 Å². The van der Waals surface area contributed by atoms with Gasteiger partial charge in [0.25, 0.3) is 5.91 Å². The first-order valence-corrected chi connectivity index (χ1v) is 5.53. The molecule has 1 heterocycles. The molecule has 3 N–H and O–H groups in total. The van der Waals surface area contributed by atoms with Crippen molar-refractivity contribution >= 4 is 5.91 Å². The largest absolute Gasteiger partial charge is 0.379 e. The number of rotatable bonds is 2. The van der Waals surface area contributed by atoms with Crippen molar-refractivity contribution < 1.29 is 9.90 Å². The molecule has 0 aliphatic carbocycles. The lowest BCUT2D eigenvalue weighted by atomic mass is 10.0. The molecule has 1 aliphatic heterocycles. The molecule has 1 aromatic carbocycles. The van der Waals surface area contributed by atoms with E-state index in [1.165, 1.54) is 0 Å². The summed E-state index contributed by atoms with van der Waals surface area (Å²) in [5.74, 6) is -0.0697. The number of amides is 1. The molecule has 0 bridgehead atoms. The van der Waals surface area contributed by atoms with Crippen molar-refractivity contribution in [3.63, 3.8) is 0 Å². The zero-order valence-corrected chi connectivity index (χ0v) is 9.02. The summed E-state index contributed by atoms with van der Waals surface area (Å²) in [5.41, 5.74) is 0.663. The van der Waals surface area contributed by atoms with Crippen molar-refractivity contribution in [1.82, 2.24) is 10.6 Å². The molecular formula is C12H16N2O2. The van der Waals surface area contributed by atoms with Gasteiger partial charge in [0, 0.05) is 18.0 Å². The number of nitrogens with one attached hydrogen (secondary N) is 2. The fourth-order valence-corrected chi connectivity index (χ4v) is 1.88. The molecule has 1 saturated heterocycles. The minimum Gasteiger partial charge on any atom is -0.379 e. The second-order valence-electron chi connectivity index (χ2n) is 4.03. The van der Waals surface area contributed by atoms with Gasteiger partial charge in [-0.3, -0.25) is 10.1 Å². The number of aliphatic hydroxyl groups excluding tert-OH is 1. The molecule has 0 aromatic heterocycles. The highest BCUT2D eigenvalue weighted by atomic mass is 16.3. The molecule has 1 fully saturated rings. The molecule has 2 atom stereocenters. The molecule has 0 spiro atoms. The van der Waals surface area contributed by atoms with Gasteiger partial charge in [-0.2, -0.15) is 0 Å². The first-order chi connectivity index (χ1) is 7.75. The van der Waals surface area contributed by atoms with Crippen molar-refractivity contribution in [3.8, 4) is 0 Å². The third kappa shape index (κ3) is 2.81. The van der Waals surface area contributed by atoms with Crippen LogP contribution in [0.1, 0.15) is 23.2 Å². The van der Waals surface area contributed by atoms with Crippen molar-refractivity contribution in [1.29, 1.82) is 0 Å². The van der Waals surface area contributed by atoms with Crippen molar-refractivity contribution in [3.05, 3.63) is 35.9 Å². The summed E-state index contributed by atoms with van der Waals surface area (Å²) in [7, 11) is 0. The molecule has 1 amide bonds. The highest BCUT2D eigenvalue weighted by Crippen LogP contribution is 2.08. The van der Waals surface area contributed by atoms with Gasteiger partial charge in [-0.25, -0.2) is 0 Å². The van der Waals surface area contributed by atoms with E-state index in [1.54, 1.807) is 12.1 Å². The lowest BCUT2D eigenvalue weighted by Crippen LogP contribution is -2.47. The average molecular weight is 220 g/mol. The van der Waals surface area contributed by atoms with Crippen LogP contribution in [0.5, 0.6) is 0 Å². The first-order valence-electron chi connectivity index (χ1n) is 5.53. The standard InChI is InChI=1S/C12H16N2O2/c15-11-8-10(6-7-13-11)14-12(16)9-4-2-1-3-5-9/h1-5,10-11,13,15H,6-8H2,(H,14,16). The molecule has 86 valence electrons. The predicted molar refractivity (Wildman–Crippen MR) is 60.9 cm³/mol. The number of hydrogen-bond donors (Lipinski definition) is 3. The maximum atomic E-state index is 11.8. The van der Waals surface area contributed by atoms with Gasteiger partial charge in [-0.05, 0) is 25.1 Å². The van der Waals surface area contributed by atoms with E-state index in [2.05, 4.69) is 10.6 Å². The van der Waals surface area contributed by atoms with Crippen LogP contribution in [0.3, 0.4) is 0 Å². The van der Waals surface area contributed by atoms with Crippen LogP contribution in [0.25, 0.3) is 0 Å². The van der Waals surface area contributed by atoms with E-state index in [9.17, 15) is 9.90 Å². The van der Waals surface area contributed by atoms with Gasteiger partial charge in [-0.1, -0.05) is 18.2 Å². The van der Waals surface area contributed by atoms with Gasteiger partial charge in [0.05, 0.1) is 0 Å². The van der Waals surface area contributed by atoms with Crippen molar-refractivity contribution in [2.24, 2.45) is 0 Å². The average Bonchev–Trinajstić information content (AvgIpc) is 2.30. The van der Waals surface area contributed by atoms with Crippen LogP contribution in [0.15, 0.2) is 30.3 Å². The molecular weight excluding hydrogens is 204 g/mol. The van der Waals surface area contributed by atoms with Gasteiger partial charge >= 0.3 is 0 Å². The minimum absolute atomic E-state index is 0.0592. The number of aliphatic hydroxyl groups is 1. The van der Waals surface area contributed by atoms with Crippen LogP contribution >= 0.6 is 0 Å². The first kappa shape index (κ1) is 11.1. The summed E-state index contributed by atoms with van der Waals surface area (Å²) in [6.45, 7) is 0.737. The number of carbonyl (C=O) groups is 1. The molecule has 2 unspecified atom stereocenters. The molecule has 0 saturated carbocycles. The van der Waals surface area contributed by atoms with Crippen LogP contribution in [0.2, 0.25) is 0 Å². The van der Waals surface area contributed by atoms with Crippen LogP contribution < -0.4 is 10.6 Å². The quantitative estimate of drug-likeness (QED) is 0.679. The SMILES string of the molecule is O=C(NC1CCNC(O)C1)c1ccccc1. The lowest BCUT2D eigenvalue weighted by Gasteiger charge is -2.27. The summed E-state index contributed by atoms with van der Waals surface area (Å²) in [4.78, 5) is 11.8. The Morgan fingerprint density at radius 2 is 2.12 bits per heavy atom. The van der Waals surface area contributed by atoms with Gasteiger partial charge in [0.1, 0.15) is 6.23 Å². The fourth-order valence-electron chi connectivity index (χ4n) is 1.88. The van der Waals surface area contributed by atoms with Crippen LogP contribution in [-0.4, -0.2) is 29.8 Å². The summed E-state index contributed by atoms with van der Waals surface area (Å²) in [6, 6.07) is 9.19. The van der Waals surface area contributed by atoms with E-state index < -0.39 is 6.23 Å². The second kappa shape index (κ2) is 5.09. The molecule has 0 radical (unpaired) electrons. The van der Waals surface area contributed by atoms with E-state index in [4.69, 9.17) is 0 Å². The van der Waals surface area contributed by atoms with E-state index >= 15 is 0 Å². The highest BCUT2D eigenvalue weighted by molar-refractivity contribution is 5.94. The number of piperidine rings is 1. The van der Waals surface area contributed by atoms with Crippen molar-refractivity contribution in [2.45, 2.75) is 25.1 Å². The van der Waals surface area contributed by atoms with Gasteiger partial charge in [0.2, 0.25) is 0 Å². The van der Waals surface area contributed by atoms with Crippen LogP contribution in [0.4, 0.5) is 0 Å². The maximum Gasteiger partial charge on any atom is 0.251 e. The Kier molecular flexibility index (Phi) is 3.54. The minimum atomic E-state index is -0.505. The lowest BCUT2D eigenvalue weighted by molar-refractivity contribution is 0.0782. The van der Waals surface area contributed by atoms with Crippen LogP contribution in [0, 0.1) is 0 Å². The Morgan fingerprint density at radius 3 is 2.81 bits per heavy atom. The molecule has 4 nitrogen and oxygen atoms in total. The highest BCUT2D eigenvalue weighted by Gasteiger charge is 2.21. The molecule has 1 aromatic rings. The van der Waals surface area contributed by atoms with Crippen LogP contribution in [-0.2, 0) is 0 Å². The Labute approximate surface area is 94.7 Å². The number of hydrogen-bond acceptors (Lipinski definition) is 3. The topological polar surface area (TPSA) is 61.4 Å². The predicted octanol–water partition coefficient (Wildman–Crippen LogP) is 0.487. The molecule has 16 heavy (non-hydrogen) atoms. The molecule has 2 rings (SSSR count). The molecule has 4 heteroatoms. The van der Waals surface area contributed by atoms with Gasteiger partial charge in [-0.15, -0.1) is 0 Å². The summed E-state index contributed by atoms with van der Waals surface area (Å²) >= 11 is 0. The van der Waals surface area contributed by atoms with E-state index in [-0.39, 0.29) is 11.9 Å². The van der Waals surface area contributed by atoms with Gasteiger partial charge in [0.15, 0.2) is 0 Å². The smallest absolute Gasteiger partial charge is 0.251 e. The Morgan fingerprint density at radius 1 is 1.38 bits per heavy atom. The Bertz CT molecular complexity index is 353. The Hall–Kier alpha value is -1.39. The maximum absolute atomic E-state index is 11.8. The third-order valence-corrected chi connectivity index (χ3v) is 2.75. The Balaban J connectivity index is 1.92. The summed E-state index contributed by atoms with van der Waals surface area (Å²) < 4.78 is 0. The fraction of sp³-hybridized carbons (Fsp3) is 0.417. The number of benzene rings is 1. The summed E-state index contributed by atoms with van der Waals surface area (Å²) in [5, 5.41) is 15.3. The van der Waals surface area contributed by atoms with E-state index in [1.807, 2.05) is 18.2 Å². The number of carbonyl (C=O) groups excluding carboxylic acids is 1. The van der Waals surface area contributed by atoms with E-state index in [0.717, 1.165) is 13.0 Å². The normalized spacial score (nSPS) is 25.1. The van der Waals surface area contributed by atoms with Crippen molar-refractivity contribution in [2.75, 3.05) is 6.54 Å². The monoisotopic (exact) mass is 220 g/mol.